The standard InChI is InChI=1S/C17H24N4OS/c1-12(2)21-16(8-9-18-21)19-17(22)13(3)20-10-4-6-14(20)15-7-5-11-23-15/h5,7-9,11-14H,4,6,10H2,1-3H3,(H,19,22)/t13-,14+/m1/s1. The Morgan fingerprint density at radius 1 is 1.39 bits per heavy atom. The van der Waals surface area contributed by atoms with Crippen molar-refractivity contribution in [2.75, 3.05) is 11.9 Å². The van der Waals surface area contributed by atoms with Crippen molar-refractivity contribution >= 4 is 23.1 Å². The van der Waals surface area contributed by atoms with Crippen LogP contribution >= 0.6 is 11.3 Å². The molecule has 0 unspecified atom stereocenters. The normalized spacial score (nSPS) is 20.1. The van der Waals surface area contributed by atoms with Gasteiger partial charge in [0, 0.05) is 23.0 Å². The van der Waals surface area contributed by atoms with Gasteiger partial charge in [-0.05, 0) is 51.6 Å². The molecule has 2 aromatic rings. The lowest BCUT2D eigenvalue weighted by Crippen LogP contribution is -2.41. The molecule has 0 saturated carbocycles. The fourth-order valence-electron chi connectivity index (χ4n) is 3.25. The Bertz CT molecular complexity index is 649. The number of thiophene rings is 1. The summed E-state index contributed by atoms with van der Waals surface area (Å²) < 4.78 is 1.84. The van der Waals surface area contributed by atoms with Crippen molar-refractivity contribution < 1.29 is 4.79 Å². The van der Waals surface area contributed by atoms with Crippen LogP contribution in [0.4, 0.5) is 5.82 Å². The minimum absolute atomic E-state index is 0.0378. The molecule has 0 spiro atoms. The zero-order chi connectivity index (χ0) is 16.4. The van der Waals surface area contributed by atoms with Crippen LogP contribution in [0.5, 0.6) is 0 Å². The highest BCUT2D eigenvalue weighted by Gasteiger charge is 2.33. The van der Waals surface area contributed by atoms with E-state index in [1.165, 1.54) is 4.88 Å². The summed E-state index contributed by atoms with van der Waals surface area (Å²) in [5.41, 5.74) is 0. The molecule has 124 valence electrons. The van der Waals surface area contributed by atoms with Crippen LogP contribution in [0.2, 0.25) is 0 Å². The first-order chi connectivity index (χ1) is 11.1. The third-order valence-corrected chi connectivity index (χ3v) is 5.43. The molecule has 1 N–H and O–H groups in total. The zero-order valence-corrected chi connectivity index (χ0v) is 14.7. The predicted octanol–water partition coefficient (Wildman–Crippen LogP) is 3.69. The van der Waals surface area contributed by atoms with Crippen LogP contribution in [0.1, 0.15) is 50.6 Å². The lowest BCUT2D eigenvalue weighted by molar-refractivity contribution is -0.121. The van der Waals surface area contributed by atoms with E-state index in [0.717, 1.165) is 25.2 Å². The molecule has 1 amide bonds. The van der Waals surface area contributed by atoms with Crippen LogP contribution in [0.3, 0.4) is 0 Å². The van der Waals surface area contributed by atoms with Crippen molar-refractivity contribution in [1.29, 1.82) is 0 Å². The van der Waals surface area contributed by atoms with Crippen LogP contribution in [-0.2, 0) is 4.79 Å². The summed E-state index contributed by atoms with van der Waals surface area (Å²) in [6.45, 7) is 7.08. The summed E-state index contributed by atoms with van der Waals surface area (Å²) in [7, 11) is 0. The maximum absolute atomic E-state index is 12.7. The first-order valence-corrected chi connectivity index (χ1v) is 9.09. The second-order valence-corrected chi connectivity index (χ2v) is 7.31. The van der Waals surface area contributed by atoms with Gasteiger partial charge in [-0.25, -0.2) is 4.68 Å². The van der Waals surface area contributed by atoms with Crippen LogP contribution < -0.4 is 5.32 Å². The molecule has 1 aliphatic heterocycles. The molecule has 0 aliphatic carbocycles. The molecule has 3 rings (SSSR count). The highest BCUT2D eigenvalue weighted by atomic mass is 32.1. The molecule has 6 heteroatoms. The highest BCUT2D eigenvalue weighted by Crippen LogP contribution is 2.36. The van der Waals surface area contributed by atoms with Gasteiger partial charge in [-0.1, -0.05) is 6.07 Å². The number of carbonyl (C=O) groups is 1. The van der Waals surface area contributed by atoms with Gasteiger partial charge >= 0.3 is 0 Å². The second kappa shape index (κ2) is 6.84. The van der Waals surface area contributed by atoms with E-state index in [4.69, 9.17) is 0 Å². The molecule has 1 saturated heterocycles. The van der Waals surface area contributed by atoms with E-state index in [-0.39, 0.29) is 18.0 Å². The molecule has 0 radical (unpaired) electrons. The Balaban J connectivity index is 1.70. The van der Waals surface area contributed by atoms with Crippen molar-refractivity contribution in [2.24, 2.45) is 0 Å². The Labute approximate surface area is 141 Å². The first kappa shape index (κ1) is 16.2. The number of likely N-dealkylation sites (tertiary alicyclic amines) is 1. The molecule has 23 heavy (non-hydrogen) atoms. The number of anilines is 1. The van der Waals surface area contributed by atoms with E-state index < -0.39 is 0 Å². The number of aromatic nitrogens is 2. The Kier molecular flexibility index (Phi) is 4.82. The van der Waals surface area contributed by atoms with Crippen molar-refractivity contribution in [3.63, 3.8) is 0 Å². The van der Waals surface area contributed by atoms with Gasteiger partial charge in [-0.3, -0.25) is 9.69 Å². The van der Waals surface area contributed by atoms with Crippen molar-refractivity contribution in [1.82, 2.24) is 14.7 Å². The smallest absolute Gasteiger partial charge is 0.242 e. The predicted molar refractivity (Wildman–Crippen MR) is 93.7 cm³/mol. The number of hydrogen-bond acceptors (Lipinski definition) is 4. The monoisotopic (exact) mass is 332 g/mol. The van der Waals surface area contributed by atoms with E-state index in [0.29, 0.717) is 6.04 Å². The molecule has 2 atom stereocenters. The molecular weight excluding hydrogens is 308 g/mol. The number of carbonyl (C=O) groups excluding carboxylic acids is 1. The first-order valence-electron chi connectivity index (χ1n) is 8.21. The minimum atomic E-state index is -0.153. The quantitative estimate of drug-likeness (QED) is 0.908. The minimum Gasteiger partial charge on any atom is -0.310 e. The number of nitrogens with one attached hydrogen (secondary N) is 1. The van der Waals surface area contributed by atoms with E-state index in [1.807, 2.05) is 17.7 Å². The third kappa shape index (κ3) is 3.33. The summed E-state index contributed by atoms with van der Waals surface area (Å²) in [5, 5.41) is 9.42. The van der Waals surface area contributed by atoms with Gasteiger partial charge in [0.05, 0.1) is 12.2 Å². The largest absolute Gasteiger partial charge is 0.310 e. The summed E-state index contributed by atoms with van der Waals surface area (Å²) >= 11 is 1.78. The molecule has 0 bridgehead atoms. The second-order valence-electron chi connectivity index (χ2n) is 6.33. The molecule has 1 fully saturated rings. The Morgan fingerprint density at radius 2 is 2.22 bits per heavy atom. The lowest BCUT2D eigenvalue weighted by atomic mass is 10.1. The molecule has 1 aliphatic rings. The summed E-state index contributed by atoms with van der Waals surface area (Å²) in [4.78, 5) is 16.4. The number of nitrogens with zero attached hydrogens (tertiary/aromatic N) is 3. The molecular formula is C17H24N4OS. The van der Waals surface area contributed by atoms with Gasteiger partial charge in [0.25, 0.3) is 0 Å². The van der Waals surface area contributed by atoms with Gasteiger partial charge in [0.2, 0.25) is 5.91 Å². The number of amides is 1. The molecule has 3 heterocycles. The van der Waals surface area contributed by atoms with Crippen molar-refractivity contribution in [3.05, 3.63) is 34.7 Å². The van der Waals surface area contributed by atoms with Gasteiger partial charge in [0.1, 0.15) is 5.82 Å². The van der Waals surface area contributed by atoms with Crippen molar-refractivity contribution in [3.8, 4) is 0 Å². The fourth-order valence-corrected chi connectivity index (χ4v) is 4.13. The number of hydrogen-bond donors (Lipinski definition) is 1. The van der Waals surface area contributed by atoms with Crippen LogP contribution in [0, 0.1) is 0 Å². The average Bonchev–Trinajstić information content (AvgIpc) is 3.26. The Hall–Kier alpha value is -1.66. The SMILES string of the molecule is CC(C)n1nccc1NC(=O)[C@@H](C)N1CCC[C@H]1c1cccs1. The van der Waals surface area contributed by atoms with Gasteiger partial charge in [-0.15, -0.1) is 11.3 Å². The zero-order valence-electron chi connectivity index (χ0n) is 13.9. The van der Waals surface area contributed by atoms with Gasteiger partial charge in [0.15, 0.2) is 0 Å². The van der Waals surface area contributed by atoms with Crippen LogP contribution in [0.15, 0.2) is 29.8 Å². The fraction of sp³-hybridized carbons (Fsp3) is 0.529. The molecule has 5 nitrogen and oxygen atoms in total. The number of rotatable bonds is 5. The summed E-state index contributed by atoms with van der Waals surface area (Å²) in [6, 6.07) is 6.55. The van der Waals surface area contributed by atoms with E-state index in [2.05, 4.69) is 46.7 Å². The lowest BCUT2D eigenvalue weighted by Gasteiger charge is -2.29. The van der Waals surface area contributed by atoms with E-state index in [9.17, 15) is 4.79 Å². The van der Waals surface area contributed by atoms with Crippen LogP contribution in [0.25, 0.3) is 0 Å². The summed E-state index contributed by atoms with van der Waals surface area (Å²) in [5.74, 6) is 0.805. The summed E-state index contributed by atoms with van der Waals surface area (Å²) in [6.07, 6.45) is 4.00. The topological polar surface area (TPSA) is 50.2 Å². The maximum Gasteiger partial charge on any atom is 0.242 e. The molecule has 0 aromatic carbocycles. The molecule has 2 aromatic heterocycles. The third-order valence-electron chi connectivity index (χ3n) is 4.45. The van der Waals surface area contributed by atoms with Gasteiger partial charge in [-0.2, -0.15) is 5.10 Å². The highest BCUT2D eigenvalue weighted by molar-refractivity contribution is 7.10. The Morgan fingerprint density at radius 3 is 2.91 bits per heavy atom. The van der Waals surface area contributed by atoms with E-state index in [1.54, 1.807) is 17.5 Å². The van der Waals surface area contributed by atoms with Crippen LogP contribution in [-0.4, -0.2) is 33.2 Å². The van der Waals surface area contributed by atoms with Crippen molar-refractivity contribution in [2.45, 2.75) is 51.7 Å². The van der Waals surface area contributed by atoms with E-state index >= 15 is 0 Å². The maximum atomic E-state index is 12.7. The van der Waals surface area contributed by atoms with Gasteiger partial charge < -0.3 is 5.32 Å². The average molecular weight is 332 g/mol.